The van der Waals surface area contributed by atoms with Crippen LogP contribution < -0.4 is 5.32 Å². The van der Waals surface area contributed by atoms with Crippen LogP contribution in [0.15, 0.2) is 41.1 Å². The molecule has 0 radical (unpaired) electrons. The molecule has 1 aromatic carbocycles. The van der Waals surface area contributed by atoms with E-state index in [0.29, 0.717) is 33.2 Å². The van der Waals surface area contributed by atoms with E-state index in [1.54, 1.807) is 19.2 Å². The molecule has 0 saturated carbocycles. The number of fused-ring (bicyclic) bond motifs is 1. The molecule has 1 N–H and O–H groups in total. The van der Waals surface area contributed by atoms with E-state index in [1.165, 1.54) is 22.5 Å². The third kappa shape index (κ3) is 3.59. The number of hydrogen-bond donors (Lipinski definition) is 1. The van der Waals surface area contributed by atoms with E-state index >= 15 is 0 Å². The van der Waals surface area contributed by atoms with Crippen LogP contribution in [-0.2, 0) is 6.42 Å². The first-order chi connectivity index (χ1) is 13.0. The molecule has 0 spiro atoms. The summed E-state index contributed by atoms with van der Waals surface area (Å²) in [6.45, 7) is 5.68. The van der Waals surface area contributed by atoms with Crippen molar-refractivity contribution in [3.8, 4) is 0 Å². The summed E-state index contributed by atoms with van der Waals surface area (Å²) in [7, 11) is 0. The van der Waals surface area contributed by atoms with Gasteiger partial charge in [-0.1, -0.05) is 35.0 Å². The summed E-state index contributed by atoms with van der Waals surface area (Å²) >= 11 is 1.47. The maximum absolute atomic E-state index is 12.8. The fraction of sp³-hybridized carbons (Fsp3) is 0.200. The maximum atomic E-state index is 12.8. The highest BCUT2D eigenvalue weighted by Crippen LogP contribution is 2.25. The van der Waals surface area contributed by atoms with E-state index < -0.39 is 0 Å². The third-order valence-electron chi connectivity index (χ3n) is 4.26. The smallest absolute Gasteiger partial charge is 0.258 e. The van der Waals surface area contributed by atoms with Gasteiger partial charge in [0, 0.05) is 23.2 Å². The Bertz CT molecular complexity index is 1130. The second-order valence-electron chi connectivity index (χ2n) is 6.51. The first kappa shape index (κ1) is 17.4. The highest BCUT2D eigenvalue weighted by atomic mass is 32.1. The predicted molar refractivity (Wildman–Crippen MR) is 105 cm³/mol. The lowest BCUT2D eigenvalue weighted by Crippen LogP contribution is -2.13. The number of nitrogens with zero attached hydrogens (tertiary/aromatic N) is 3. The number of pyridine rings is 1. The average molecular weight is 378 g/mol. The van der Waals surface area contributed by atoms with Crippen molar-refractivity contribution in [2.45, 2.75) is 27.2 Å². The number of carbonyl (C=O) groups excluding carboxylic acids is 1. The molecule has 4 aromatic rings. The van der Waals surface area contributed by atoms with E-state index in [1.807, 2.05) is 6.92 Å². The van der Waals surface area contributed by atoms with Crippen molar-refractivity contribution < 1.29 is 9.32 Å². The van der Waals surface area contributed by atoms with Gasteiger partial charge in [-0.15, -0.1) is 11.3 Å². The molecule has 0 bridgehead atoms. The fourth-order valence-corrected chi connectivity index (χ4v) is 3.76. The molecular formula is C20H18N4O2S. The van der Waals surface area contributed by atoms with Gasteiger partial charge in [0.05, 0.1) is 16.6 Å². The lowest BCUT2D eigenvalue weighted by Gasteiger charge is -2.04. The van der Waals surface area contributed by atoms with Gasteiger partial charge in [-0.25, -0.2) is 9.97 Å². The number of thiazole rings is 1. The van der Waals surface area contributed by atoms with Gasteiger partial charge in [-0.2, -0.15) is 0 Å². The lowest BCUT2D eigenvalue weighted by atomic mass is 10.1. The van der Waals surface area contributed by atoms with Gasteiger partial charge in [0.15, 0.2) is 5.13 Å². The topological polar surface area (TPSA) is 80.9 Å². The molecule has 0 aliphatic heterocycles. The third-order valence-corrected chi connectivity index (χ3v) is 5.18. The van der Waals surface area contributed by atoms with Crippen molar-refractivity contribution in [1.82, 2.24) is 15.1 Å². The van der Waals surface area contributed by atoms with E-state index in [-0.39, 0.29) is 5.91 Å². The van der Waals surface area contributed by atoms with Crippen LogP contribution in [0.25, 0.3) is 11.1 Å². The minimum absolute atomic E-state index is 0.243. The number of amides is 1. The number of rotatable bonds is 4. The molecule has 0 saturated heterocycles. The Kier molecular flexibility index (Phi) is 4.45. The van der Waals surface area contributed by atoms with Crippen LogP contribution in [0.3, 0.4) is 0 Å². The van der Waals surface area contributed by atoms with Crippen LogP contribution in [0, 0.1) is 20.8 Å². The number of aromatic nitrogens is 3. The lowest BCUT2D eigenvalue weighted by molar-refractivity contribution is 0.102. The molecule has 0 fully saturated rings. The Morgan fingerprint density at radius 2 is 1.96 bits per heavy atom. The largest absolute Gasteiger partial charge is 0.336 e. The van der Waals surface area contributed by atoms with Gasteiger partial charge in [0.1, 0.15) is 0 Å². The zero-order valence-corrected chi connectivity index (χ0v) is 16.1. The molecule has 7 heteroatoms. The van der Waals surface area contributed by atoms with Crippen LogP contribution in [0.5, 0.6) is 0 Å². The number of benzene rings is 1. The van der Waals surface area contributed by atoms with Crippen molar-refractivity contribution in [2.75, 3.05) is 5.32 Å². The van der Waals surface area contributed by atoms with Crippen LogP contribution in [-0.4, -0.2) is 21.0 Å². The molecule has 1 amide bonds. The zero-order chi connectivity index (χ0) is 19.0. The summed E-state index contributed by atoms with van der Waals surface area (Å²) < 4.78 is 5.20. The van der Waals surface area contributed by atoms with Gasteiger partial charge < -0.3 is 4.52 Å². The number of aryl methyl sites for hydroxylation is 3. The molecule has 0 aliphatic carbocycles. The van der Waals surface area contributed by atoms with Crippen molar-refractivity contribution in [3.05, 3.63) is 69.5 Å². The number of hydrogen-bond acceptors (Lipinski definition) is 6. The van der Waals surface area contributed by atoms with Gasteiger partial charge in [0.25, 0.3) is 11.6 Å². The molecule has 4 rings (SSSR count). The van der Waals surface area contributed by atoms with Gasteiger partial charge in [-0.05, 0) is 32.4 Å². The zero-order valence-electron chi connectivity index (χ0n) is 15.2. The monoisotopic (exact) mass is 378 g/mol. The first-order valence-corrected chi connectivity index (χ1v) is 9.36. The normalized spacial score (nSPS) is 11.1. The van der Waals surface area contributed by atoms with Crippen molar-refractivity contribution in [3.63, 3.8) is 0 Å². The Morgan fingerprint density at radius 1 is 1.19 bits per heavy atom. The minimum Gasteiger partial charge on any atom is -0.336 e. The van der Waals surface area contributed by atoms with Crippen LogP contribution in [0.1, 0.15) is 37.7 Å². The van der Waals surface area contributed by atoms with Gasteiger partial charge in [0.2, 0.25) is 0 Å². The first-order valence-electron chi connectivity index (χ1n) is 8.55. The summed E-state index contributed by atoms with van der Waals surface area (Å²) in [6, 6.07) is 10.1. The van der Waals surface area contributed by atoms with E-state index in [9.17, 15) is 4.79 Å². The standard InChI is InChI=1S/C20H18N4O2S/c1-11-4-6-14(7-5-11)9-15-10-21-20(27-15)23-18(25)16-8-12(2)22-19-17(16)13(3)24-26-19/h4-8,10H,9H2,1-3H3,(H,21,23,25). The summed E-state index contributed by atoms with van der Waals surface area (Å²) in [5.41, 5.74) is 4.65. The Hall–Kier alpha value is -3.06. The van der Waals surface area contributed by atoms with Gasteiger partial charge in [-0.3, -0.25) is 10.1 Å². The SMILES string of the molecule is Cc1ccc(Cc2cnc(NC(=O)c3cc(C)nc4onc(C)c34)s2)cc1. The highest BCUT2D eigenvalue weighted by Gasteiger charge is 2.18. The van der Waals surface area contributed by atoms with E-state index in [0.717, 1.165) is 11.3 Å². The summed E-state index contributed by atoms with van der Waals surface area (Å²) in [6.07, 6.45) is 2.59. The highest BCUT2D eigenvalue weighted by molar-refractivity contribution is 7.15. The predicted octanol–water partition coefficient (Wildman–Crippen LogP) is 4.45. The maximum Gasteiger partial charge on any atom is 0.258 e. The van der Waals surface area contributed by atoms with Crippen LogP contribution in [0.2, 0.25) is 0 Å². The Balaban J connectivity index is 1.55. The average Bonchev–Trinajstić information content (AvgIpc) is 3.23. The van der Waals surface area contributed by atoms with E-state index in [4.69, 9.17) is 4.52 Å². The van der Waals surface area contributed by atoms with Crippen LogP contribution >= 0.6 is 11.3 Å². The van der Waals surface area contributed by atoms with E-state index in [2.05, 4.69) is 51.6 Å². The number of carbonyl (C=O) groups is 1. The Morgan fingerprint density at radius 3 is 2.74 bits per heavy atom. The number of nitrogens with one attached hydrogen (secondary N) is 1. The molecular weight excluding hydrogens is 360 g/mol. The molecule has 0 unspecified atom stereocenters. The van der Waals surface area contributed by atoms with Crippen LogP contribution in [0.4, 0.5) is 5.13 Å². The second kappa shape index (κ2) is 6.92. The Labute approximate surface area is 160 Å². The molecule has 6 nitrogen and oxygen atoms in total. The molecule has 27 heavy (non-hydrogen) atoms. The quantitative estimate of drug-likeness (QED) is 0.567. The fourth-order valence-electron chi connectivity index (χ4n) is 2.92. The molecule has 136 valence electrons. The minimum atomic E-state index is -0.243. The molecule has 0 atom stereocenters. The van der Waals surface area contributed by atoms with Gasteiger partial charge >= 0.3 is 0 Å². The summed E-state index contributed by atoms with van der Waals surface area (Å²) in [5, 5.41) is 8.00. The van der Waals surface area contributed by atoms with Crippen molar-refractivity contribution in [1.29, 1.82) is 0 Å². The molecule has 3 aromatic heterocycles. The second-order valence-corrected chi connectivity index (χ2v) is 7.62. The summed E-state index contributed by atoms with van der Waals surface area (Å²) in [4.78, 5) is 22.5. The molecule has 3 heterocycles. The number of anilines is 1. The van der Waals surface area contributed by atoms with Crippen molar-refractivity contribution in [2.24, 2.45) is 0 Å². The molecule has 0 aliphatic rings. The van der Waals surface area contributed by atoms with Crippen molar-refractivity contribution >= 4 is 33.5 Å². The summed E-state index contributed by atoms with van der Waals surface area (Å²) in [5.74, 6) is -0.243.